The zero-order chi connectivity index (χ0) is 32.2. The highest BCUT2D eigenvalue weighted by Crippen LogP contribution is 2.33. The Bertz CT molecular complexity index is 1300. The maximum atomic E-state index is 14.3. The third kappa shape index (κ3) is 7.74. The van der Waals surface area contributed by atoms with E-state index in [0.29, 0.717) is 42.7 Å². The standard InChI is InChI=1S/C38H54ClN5O2/c1-27-24-42(22-21-36(27)44(38(46)41(2)3)34-11-5-4-6-12-34)37(45)35(23-28-13-15-31(39)16-14-28)40-32-17-19-33(20-18-32)43-25-29-9-7-8-10-30(29)26-43/h7-10,13-16,27,32-36,40H,4-6,11-12,17-26H2,1-3H3/t27?,32?,33?,35-,36?/m1/s1. The minimum Gasteiger partial charge on any atom is -0.341 e. The molecule has 2 aliphatic carbocycles. The van der Waals surface area contributed by atoms with E-state index in [1.165, 1.54) is 30.4 Å². The van der Waals surface area contributed by atoms with Crippen molar-refractivity contribution >= 4 is 23.5 Å². The quantitative estimate of drug-likeness (QED) is 0.346. The van der Waals surface area contributed by atoms with E-state index < -0.39 is 0 Å². The van der Waals surface area contributed by atoms with Gasteiger partial charge in [0.05, 0.1) is 6.04 Å². The molecule has 2 heterocycles. The van der Waals surface area contributed by atoms with Crippen molar-refractivity contribution in [2.24, 2.45) is 5.92 Å². The van der Waals surface area contributed by atoms with Crippen molar-refractivity contribution in [3.63, 3.8) is 0 Å². The molecule has 1 N–H and O–H groups in total. The Balaban J connectivity index is 1.10. The number of piperidine rings is 1. The minimum atomic E-state index is -0.277. The largest absolute Gasteiger partial charge is 0.341 e. The molecule has 4 aliphatic rings. The molecule has 0 spiro atoms. The van der Waals surface area contributed by atoms with Crippen LogP contribution >= 0.6 is 11.6 Å². The van der Waals surface area contributed by atoms with Crippen LogP contribution in [0.5, 0.6) is 0 Å². The van der Waals surface area contributed by atoms with Gasteiger partial charge in [0.1, 0.15) is 0 Å². The van der Waals surface area contributed by atoms with Crippen LogP contribution in [0.25, 0.3) is 0 Å². The smallest absolute Gasteiger partial charge is 0.319 e. The van der Waals surface area contributed by atoms with Crippen LogP contribution in [-0.2, 0) is 24.3 Å². The Hall–Kier alpha value is -2.61. The first-order valence-corrected chi connectivity index (χ1v) is 18.2. The molecule has 2 saturated carbocycles. The summed E-state index contributed by atoms with van der Waals surface area (Å²) in [7, 11) is 3.73. The molecule has 0 bridgehead atoms. The van der Waals surface area contributed by atoms with E-state index >= 15 is 0 Å². The summed E-state index contributed by atoms with van der Waals surface area (Å²) in [5, 5.41) is 4.58. The van der Waals surface area contributed by atoms with Gasteiger partial charge in [-0.3, -0.25) is 9.69 Å². The van der Waals surface area contributed by atoms with Crippen molar-refractivity contribution < 1.29 is 9.59 Å². The fourth-order valence-electron chi connectivity index (χ4n) is 8.71. The van der Waals surface area contributed by atoms with Crippen LogP contribution in [0.4, 0.5) is 4.79 Å². The normalized spacial score (nSPS) is 26.4. The molecule has 2 aromatic rings. The van der Waals surface area contributed by atoms with E-state index in [9.17, 15) is 9.59 Å². The van der Waals surface area contributed by atoms with Crippen LogP contribution in [0.2, 0.25) is 5.02 Å². The van der Waals surface area contributed by atoms with Gasteiger partial charge in [-0.15, -0.1) is 0 Å². The number of likely N-dealkylation sites (tertiary alicyclic amines) is 1. The molecule has 2 aromatic carbocycles. The number of fused-ring (bicyclic) bond motifs is 1. The molecule has 3 fully saturated rings. The lowest BCUT2D eigenvalue weighted by Gasteiger charge is -2.48. The second-order valence-electron chi connectivity index (χ2n) is 14.7. The van der Waals surface area contributed by atoms with Crippen molar-refractivity contribution in [1.29, 1.82) is 0 Å². The van der Waals surface area contributed by atoms with E-state index in [-0.39, 0.29) is 29.9 Å². The Morgan fingerprint density at radius 1 is 0.891 bits per heavy atom. The van der Waals surface area contributed by atoms with E-state index in [4.69, 9.17) is 11.6 Å². The molecular formula is C38H54ClN5O2. The van der Waals surface area contributed by atoms with Gasteiger partial charge in [0.25, 0.3) is 0 Å². The summed E-state index contributed by atoms with van der Waals surface area (Å²) in [6.07, 6.45) is 11.8. The molecule has 7 nitrogen and oxygen atoms in total. The molecule has 250 valence electrons. The topological polar surface area (TPSA) is 59.1 Å². The van der Waals surface area contributed by atoms with Gasteiger partial charge in [-0.2, -0.15) is 0 Å². The second kappa shape index (κ2) is 15.1. The Labute approximate surface area is 281 Å². The van der Waals surface area contributed by atoms with E-state index in [0.717, 1.165) is 63.6 Å². The summed E-state index contributed by atoms with van der Waals surface area (Å²) >= 11 is 6.21. The molecule has 8 heteroatoms. The molecule has 6 rings (SSSR count). The summed E-state index contributed by atoms with van der Waals surface area (Å²) in [5.41, 5.74) is 4.08. The molecule has 3 amide bonds. The van der Waals surface area contributed by atoms with Crippen LogP contribution in [0, 0.1) is 5.92 Å². The monoisotopic (exact) mass is 647 g/mol. The van der Waals surface area contributed by atoms with Crippen LogP contribution in [0.1, 0.15) is 87.8 Å². The fourth-order valence-corrected chi connectivity index (χ4v) is 8.84. The van der Waals surface area contributed by atoms with Gasteiger partial charge in [-0.05, 0) is 86.1 Å². The van der Waals surface area contributed by atoms with E-state index in [2.05, 4.69) is 63.3 Å². The molecule has 2 aliphatic heterocycles. The van der Waals surface area contributed by atoms with Gasteiger partial charge in [-0.1, -0.05) is 74.2 Å². The lowest BCUT2D eigenvalue weighted by molar-refractivity contribution is -0.136. The zero-order valence-corrected chi connectivity index (χ0v) is 28.9. The first-order valence-electron chi connectivity index (χ1n) is 17.9. The van der Waals surface area contributed by atoms with Crippen molar-refractivity contribution in [2.75, 3.05) is 27.2 Å². The summed E-state index contributed by atoms with van der Waals surface area (Å²) in [6.45, 7) is 5.74. The van der Waals surface area contributed by atoms with Gasteiger partial charge in [-0.25, -0.2) is 4.79 Å². The SMILES string of the molecule is CC1CN(C(=O)[C@@H](Cc2ccc(Cl)cc2)NC2CCC(N3Cc4ccccc4C3)CC2)CCC1N(C(=O)N(C)C)C1CCCCC1. The number of amides is 3. The number of urea groups is 1. The summed E-state index contributed by atoms with van der Waals surface area (Å²) in [4.78, 5) is 36.5. The first kappa shape index (κ1) is 33.3. The maximum absolute atomic E-state index is 14.3. The van der Waals surface area contributed by atoms with Crippen LogP contribution in [-0.4, -0.2) is 88.9 Å². The predicted octanol–water partition coefficient (Wildman–Crippen LogP) is 6.72. The average Bonchev–Trinajstić information content (AvgIpc) is 3.51. The van der Waals surface area contributed by atoms with Gasteiger partial charge in [0.15, 0.2) is 0 Å². The fraction of sp³-hybridized carbons (Fsp3) is 0.632. The maximum Gasteiger partial charge on any atom is 0.319 e. The number of carbonyl (C=O) groups is 2. The highest BCUT2D eigenvalue weighted by atomic mass is 35.5. The third-order valence-corrected chi connectivity index (χ3v) is 11.5. The number of carbonyl (C=O) groups excluding carboxylic acids is 2. The number of benzene rings is 2. The average molecular weight is 648 g/mol. The molecule has 1 saturated heterocycles. The highest BCUT2D eigenvalue weighted by Gasteiger charge is 2.40. The molecule has 0 radical (unpaired) electrons. The van der Waals surface area contributed by atoms with E-state index in [1.54, 1.807) is 4.90 Å². The molecular weight excluding hydrogens is 594 g/mol. The number of rotatable bonds is 8. The zero-order valence-electron chi connectivity index (χ0n) is 28.2. The second-order valence-corrected chi connectivity index (χ2v) is 15.2. The Morgan fingerprint density at radius 3 is 2.15 bits per heavy atom. The Kier molecular flexibility index (Phi) is 10.9. The lowest BCUT2D eigenvalue weighted by Crippen LogP contribution is -2.60. The van der Waals surface area contributed by atoms with Crippen LogP contribution < -0.4 is 5.32 Å². The van der Waals surface area contributed by atoms with Crippen LogP contribution in [0.3, 0.4) is 0 Å². The molecule has 2 unspecified atom stereocenters. The first-order chi connectivity index (χ1) is 22.3. The Morgan fingerprint density at radius 2 is 1.54 bits per heavy atom. The van der Waals surface area contributed by atoms with Crippen molar-refractivity contribution in [1.82, 2.24) is 24.9 Å². The number of nitrogens with zero attached hydrogens (tertiary/aromatic N) is 4. The van der Waals surface area contributed by atoms with Crippen LogP contribution in [0.15, 0.2) is 48.5 Å². The van der Waals surface area contributed by atoms with Gasteiger partial charge in [0, 0.05) is 69.5 Å². The van der Waals surface area contributed by atoms with Crippen molar-refractivity contribution in [3.8, 4) is 0 Å². The summed E-state index contributed by atoms with van der Waals surface area (Å²) in [5.74, 6) is 0.417. The van der Waals surface area contributed by atoms with Gasteiger partial charge < -0.3 is 20.0 Å². The summed E-state index contributed by atoms with van der Waals surface area (Å²) in [6, 6.07) is 18.1. The third-order valence-electron chi connectivity index (χ3n) is 11.3. The molecule has 46 heavy (non-hydrogen) atoms. The number of halogens is 1. The van der Waals surface area contributed by atoms with E-state index in [1.807, 2.05) is 26.2 Å². The number of hydrogen-bond donors (Lipinski definition) is 1. The lowest BCUT2D eigenvalue weighted by atomic mass is 9.87. The molecule has 3 atom stereocenters. The van der Waals surface area contributed by atoms with Crippen molar-refractivity contribution in [3.05, 3.63) is 70.2 Å². The predicted molar refractivity (Wildman–Crippen MR) is 186 cm³/mol. The number of hydrogen-bond acceptors (Lipinski definition) is 4. The van der Waals surface area contributed by atoms with Gasteiger partial charge >= 0.3 is 6.03 Å². The summed E-state index contributed by atoms with van der Waals surface area (Å²) < 4.78 is 0. The minimum absolute atomic E-state index is 0.124. The molecule has 0 aromatic heterocycles. The van der Waals surface area contributed by atoms with Crippen molar-refractivity contribution in [2.45, 2.75) is 121 Å². The number of nitrogens with one attached hydrogen (secondary N) is 1. The highest BCUT2D eigenvalue weighted by molar-refractivity contribution is 6.30. The van der Waals surface area contributed by atoms with Gasteiger partial charge in [0.2, 0.25) is 5.91 Å².